The molecule has 1 saturated heterocycles. The van der Waals surface area contributed by atoms with E-state index in [0.29, 0.717) is 11.8 Å². The Balaban J connectivity index is 1.57. The van der Waals surface area contributed by atoms with Crippen molar-refractivity contribution in [3.8, 4) is 0 Å². The Morgan fingerprint density at radius 2 is 2.29 bits per heavy atom. The number of carbonyl (C=O) groups is 1. The number of amides is 1. The van der Waals surface area contributed by atoms with E-state index in [-0.39, 0.29) is 5.91 Å². The number of hydrogen-bond donors (Lipinski definition) is 2. The predicted octanol–water partition coefficient (Wildman–Crippen LogP) is 2.07. The fourth-order valence-electron chi connectivity index (χ4n) is 2.71. The molecule has 0 aromatic rings. The molecule has 1 atom stereocenters. The van der Waals surface area contributed by atoms with Gasteiger partial charge in [-0.15, -0.1) is 0 Å². The van der Waals surface area contributed by atoms with Crippen LogP contribution in [-0.2, 0) is 4.79 Å². The van der Waals surface area contributed by atoms with Gasteiger partial charge in [0.05, 0.1) is 0 Å². The fourth-order valence-corrected chi connectivity index (χ4v) is 2.71. The summed E-state index contributed by atoms with van der Waals surface area (Å²) in [5, 5.41) is 6.52. The summed E-state index contributed by atoms with van der Waals surface area (Å²) in [6.45, 7) is 5.39. The molecule has 1 saturated carbocycles. The largest absolute Gasteiger partial charge is 0.356 e. The van der Waals surface area contributed by atoms with Gasteiger partial charge in [-0.3, -0.25) is 4.79 Å². The highest BCUT2D eigenvalue weighted by molar-refractivity contribution is 5.75. The summed E-state index contributed by atoms with van der Waals surface area (Å²) < 4.78 is 0. The number of nitrogens with one attached hydrogen (secondary N) is 2. The minimum absolute atomic E-state index is 0.260. The zero-order chi connectivity index (χ0) is 12.1. The van der Waals surface area contributed by atoms with Gasteiger partial charge in [-0.25, -0.2) is 0 Å². The maximum absolute atomic E-state index is 11.7. The van der Waals surface area contributed by atoms with E-state index < -0.39 is 0 Å². The molecule has 0 bridgehead atoms. The average Bonchev–Trinajstić information content (AvgIpc) is 3.16. The van der Waals surface area contributed by atoms with Gasteiger partial charge < -0.3 is 10.6 Å². The summed E-state index contributed by atoms with van der Waals surface area (Å²) in [6, 6.07) is 0. The normalized spacial score (nSPS) is 26.5. The first-order valence-corrected chi connectivity index (χ1v) is 7.21. The van der Waals surface area contributed by atoms with Crippen LogP contribution in [0.1, 0.15) is 51.9 Å². The lowest BCUT2D eigenvalue weighted by Crippen LogP contribution is -2.33. The lowest BCUT2D eigenvalue weighted by atomic mass is 9.94. The second kappa shape index (κ2) is 5.85. The molecule has 2 fully saturated rings. The van der Waals surface area contributed by atoms with Crippen LogP contribution < -0.4 is 10.6 Å². The molecule has 0 spiro atoms. The molecule has 0 radical (unpaired) electrons. The lowest BCUT2D eigenvalue weighted by Gasteiger charge is -2.22. The van der Waals surface area contributed by atoms with Crippen LogP contribution in [0.15, 0.2) is 0 Å². The van der Waals surface area contributed by atoms with Gasteiger partial charge in [0.15, 0.2) is 0 Å². The van der Waals surface area contributed by atoms with Gasteiger partial charge in [0, 0.05) is 13.0 Å². The van der Waals surface area contributed by atoms with Crippen molar-refractivity contribution >= 4 is 5.91 Å². The third kappa shape index (κ3) is 3.98. The zero-order valence-electron chi connectivity index (χ0n) is 11.1. The summed E-state index contributed by atoms with van der Waals surface area (Å²) >= 11 is 0. The van der Waals surface area contributed by atoms with Crippen LogP contribution in [0.5, 0.6) is 0 Å². The molecule has 1 aliphatic carbocycles. The molecule has 0 aromatic carbocycles. The van der Waals surface area contributed by atoms with Gasteiger partial charge in [-0.2, -0.15) is 0 Å². The van der Waals surface area contributed by atoms with Crippen LogP contribution >= 0.6 is 0 Å². The van der Waals surface area contributed by atoms with E-state index in [9.17, 15) is 4.79 Å². The lowest BCUT2D eigenvalue weighted by molar-refractivity contribution is -0.121. The first kappa shape index (κ1) is 12.9. The molecule has 2 N–H and O–H groups in total. The maximum Gasteiger partial charge on any atom is 0.220 e. The highest BCUT2D eigenvalue weighted by Crippen LogP contribution is 2.47. The zero-order valence-corrected chi connectivity index (χ0v) is 11.1. The van der Waals surface area contributed by atoms with E-state index in [1.807, 2.05) is 0 Å². The molecule has 98 valence electrons. The van der Waals surface area contributed by atoms with Gasteiger partial charge in [-0.1, -0.05) is 6.92 Å². The first-order chi connectivity index (χ1) is 8.24. The molecule has 1 aliphatic heterocycles. The maximum atomic E-state index is 11.7. The van der Waals surface area contributed by atoms with Crippen molar-refractivity contribution in [2.45, 2.75) is 51.9 Å². The Labute approximate surface area is 105 Å². The van der Waals surface area contributed by atoms with Crippen LogP contribution in [0.2, 0.25) is 0 Å². The predicted molar refractivity (Wildman–Crippen MR) is 69.8 cm³/mol. The minimum Gasteiger partial charge on any atom is -0.356 e. The van der Waals surface area contributed by atoms with E-state index in [1.165, 1.54) is 32.1 Å². The van der Waals surface area contributed by atoms with Crippen molar-refractivity contribution < 1.29 is 4.79 Å². The van der Waals surface area contributed by atoms with Crippen LogP contribution in [0.4, 0.5) is 0 Å². The highest BCUT2D eigenvalue weighted by Gasteiger charge is 2.40. The topological polar surface area (TPSA) is 41.1 Å². The van der Waals surface area contributed by atoms with Gasteiger partial charge in [-0.05, 0) is 62.9 Å². The van der Waals surface area contributed by atoms with Gasteiger partial charge in [0.1, 0.15) is 0 Å². The Hall–Kier alpha value is -0.570. The molecule has 3 nitrogen and oxygen atoms in total. The SMILES string of the molecule is CCC1(CNC(=O)CCC2CCCNC2)CC1. The quantitative estimate of drug-likeness (QED) is 0.744. The highest BCUT2D eigenvalue weighted by atomic mass is 16.1. The van der Waals surface area contributed by atoms with Crippen LogP contribution in [-0.4, -0.2) is 25.5 Å². The van der Waals surface area contributed by atoms with Crippen molar-refractivity contribution in [1.82, 2.24) is 10.6 Å². The van der Waals surface area contributed by atoms with Crippen molar-refractivity contribution in [2.75, 3.05) is 19.6 Å². The van der Waals surface area contributed by atoms with E-state index in [2.05, 4.69) is 17.6 Å². The number of rotatable bonds is 6. The Morgan fingerprint density at radius 3 is 2.88 bits per heavy atom. The molecule has 0 aromatic heterocycles. The van der Waals surface area contributed by atoms with Crippen LogP contribution in [0.25, 0.3) is 0 Å². The van der Waals surface area contributed by atoms with E-state index in [0.717, 1.165) is 32.0 Å². The standard InChI is InChI=1S/C14H26N2O/c1-2-14(7-8-14)11-16-13(17)6-5-12-4-3-9-15-10-12/h12,15H,2-11H2,1H3,(H,16,17). The Morgan fingerprint density at radius 1 is 1.47 bits per heavy atom. The third-order valence-electron chi connectivity index (χ3n) is 4.55. The van der Waals surface area contributed by atoms with Crippen molar-refractivity contribution in [3.05, 3.63) is 0 Å². The van der Waals surface area contributed by atoms with Crippen molar-refractivity contribution in [2.24, 2.45) is 11.3 Å². The summed E-state index contributed by atoms with van der Waals surface area (Å²) in [6.07, 6.45) is 8.14. The average molecular weight is 238 g/mol. The smallest absolute Gasteiger partial charge is 0.220 e. The molecule has 17 heavy (non-hydrogen) atoms. The molecule has 2 rings (SSSR count). The molecule has 1 unspecified atom stereocenters. The van der Waals surface area contributed by atoms with E-state index in [4.69, 9.17) is 0 Å². The number of piperidine rings is 1. The van der Waals surface area contributed by atoms with Gasteiger partial charge in [0.2, 0.25) is 5.91 Å². The first-order valence-electron chi connectivity index (χ1n) is 7.21. The Bertz CT molecular complexity index is 255. The molecule has 1 heterocycles. The minimum atomic E-state index is 0.260. The molecule has 3 heteroatoms. The fraction of sp³-hybridized carbons (Fsp3) is 0.929. The van der Waals surface area contributed by atoms with Crippen molar-refractivity contribution in [3.63, 3.8) is 0 Å². The summed E-state index contributed by atoms with van der Waals surface area (Å²) in [7, 11) is 0. The molecular formula is C14H26N2O. The molecule has 2 aliphatic rings. The summed E-state index contributed by atoms with van der Waals surface area (Å²) in [5.41, 5.74) is 0.474. The van der Waals surface area contributed by atoms with Crippen LogP contribution in [0, 0.1) is 11.3 Å². The second-order valence-electron chi connectivity index (χ2n) is 5.88. The van der Waals surface area contributed by atoms with Crippen LogP contribution in [0.3, 0.4) is 0 Å². The number of hydrogen-bond acceptors (Lipinski definition) is 2. The molecule has 1 amide bonds. The second-order valence-corrected chi connectivity index (χ2v) is 5.88. The van der Waals surface area contributed by atoms with Gasteiger partial charge in [0.25, 0.3) is 0 Å². The van der Waals surface area contributed by atoms with Crippen molar-refractivity contribution in [1.29, 1.82) is 0 Å². The Kier molecular flexibility index (Phi) is 4.43. The van der Waals surface area contributed by atoms with Gasteiger partial charge >= 0.3 is 0 Å². The third-order valence-corrected chi connectivity index (χ3v) is 4.55. The van der Waals surface area contributed by atoms with E-state index >= 15 is 0 Å². The summed E-state index contributed by atoms with van der Waals surface area (Å²) in [4.78, 5) is 11.7. The number of carbonyl (C=O) groups excluding carboxylic acids is 1. The molecular weight excluding hydrogens is 212 g/mol. The van der Waals surface area contributed by atoms with E-state index in [1.54, 1.807) is 0 Å². The monoisotopic (exact) mass is 238 g/mol. The summed E-state index contributed by atoms with van der Waals surface area (Å²) in [5.74, 6) is 0.978.